The summed E-state index contributed by atoms with van der Waals surface area (Å²) in [5.41, 5.74) is 0. The standard InChI is InChI=1S/C12H22N2O3/c1-8(2)11(12(16)17)13-10(15)7-14-6-4-5-9(14)3/h8-9,11H,4-7H2,1-3H3,(H,13,15)(H,16,17)/t9-,11-/m1/s1. The SMILES string of the molecule is CC(C)[C@@H](NC(=O)CN1CCC[C@H]1C)C(=O)O. The van der Waals surface area contributed by atoms with E-state index in [1.54, 1.807) is 13.8 Å². The maximum absolute atomic E-state index is 11.7. The van der Waals surface area contributed by atoms with Gasteiger partial charge in [-0.1, -0.05) is 13.8 Å². The number of likely N-dealkylation sites (tertiary alicyclic amines) is 1. The van der Waals surface area contributed by atoms with Crippen LogP contribution in [-0.2, 0) is 9.59 Å². The van der Waals surface area contributed by atoms with E-state index in [-0.39, 0.29) is 11.8 Å². The van der Waals surface area contributed by atoms with Crippen molar-refractivity contribution in [1.29, 1.82) is 0 Å². The van der Waals surface area contributed by atoms with E-state index in [0.29, 0.717) is 12.6 Å². The lowest BCUT2D eigenvalue weighted by Gasteiger charge is -2.23. The third-order valence-corrected chi connectivity index (χ3v) is 3.29. The van der Waals surface area contributed by atoms with E-state index in [9.17, 15) is 9.59 Å². The van der Waals surface area contributed by atoms with Gasteiger partial charge in [-0.15, -0.1) is 0 Å². The Morgan fingerprint density at radius 2 is 2.12 bits per heavy atom. The molecule has 0 radical (unpaired) electrons. The molecular weight excluding hydrogens is 220 g/mol. The third kappa shape index (κ3) is 4.00. The van der Waals surface area contributed by atoms with Gasteiger partial charge in [0, 0.05) is 6.04 Å². The Kier molecular flexibility index (Phi) is 4.93. The highest BCUT2D eigenvalue weighted by Crippen LogP contribution is 2.15. The van der Waals surface area contributed by atoms with Gasteiger partial charge in [-0.2, -0.15) is 0 Å². The van der Waals surface area contributed by atoms with Crippen LogP contribution in [0.15, 0.2) is 0 Å². The molecule has 1 aliphatic rings. The summed E-state index contributed by atoms with van der Waals surface area (Å²) in [5.74, 6) is -1.27. The monoisotopic (exact) mass is 242 g/mol. The molecule has 0 aromatic rings. The van der Waals surface area contributed by atoms with Gasteiger partial charge in [0.2, 0.25) is 5.91 Å². The molecule has 5 nitrogen and oxygen atoms in total. The predicted molar refractivity (Wildman–Crippen MR) is 64.7 cm³/mol. The van der Waals surface area contributed by atoms with Crippen LogP contribution in [0.1, 0.15) is 33.6 Å². The van der Waals surface area contributed by atoms with Gasteiger partial charge in [-0.25, -0.2) is 4.79 Å². The molecule has 17 heavy (non-hydrogen) atoms. The van der Waals surface area contributed by atoms with Crippen LogP contribution in [0.2, 0.25) is 0 Å². The molecule has 2 N–H and O–H groups in total. The maximum atomic E-state index is 11.7. The highest BCUT2D eigenvalue weighted by Gasteiger charge is 2.26. The van der Waals surface area contributed by atoms with Gasteiger partial charge in [0.25, 0.3) is 0 Å². The number of carbonyl (C=O) groups excluding carboxylic acids is 1. The van der Waals surface area contributed by atoms with Crippen molar-refractivity contribution >= 4 is 11.9 Å². The maximum Gasteiger partial charge on any atom is 0.326 e. The van der Waals surface area contributed by atoms with Gasteiger partial charge in [0.15, 0.2) is 0 Å². The number of amides is 1. The van der Waals surface area contributed by atoms with Crippen molar-refractivity contribution in [2.45, 2.75) is 45.7 Å². The summed E-state index contributed by atoms with van der Waals surface area (Å²) >= 11 is 0. The smallest absolute Gasteiger partial charge is 0.326 e. The van der Waals surface area contributed by atoms with Gasteiger partial charge in [-0.3, -0.25) is 9.69 Å². The summed E-state index contributed by atoms with van der Waals surface area (Å²) in [6, 6.07) is -0.372. The number of hydrogen-bond acceptors (Lipinski definition) is 3. The average molecular weight is 242 g/mol. The van der Waals surface area contributed by atoms with E-state index in [1.807, 2.05) is 0 Å². The summed E-state index contributed by atoms with van der Waals surface area (Å²) in [4.78, 5) is 24.8. The highest BCUT2D eigenvalue weighted by atomic mass is 16.4. The Labute approximate surface area is 102 Å². The zero-order chi connectivity index (χ0) is 13.0. The van der Waals surface area contributed by atoms with Gasteiger partial charge in [0.05, 0.1) is 6.54 Å². The number of nitrogens with one attached hydrogen (secondary N) is 1. The van der Waals surface area contributed by atoms with Crippen molar-refractivity contribution in [1.82, 2.24) is 10.2 Å². The topological polar surface area (TPSA) is 69.6 Å². The second kappa shape index (κ2) is 6.00. The minimum Gasteiger partial charge on any atom is -0.480 e. The number of rotatable bonds is 5. The molecule has 0 aromatic heterocycles. The van der Waals surface area contributed by atoms with E-state index in [4.69, 9.17) is 5.11 Å². The molecule has 0 aliphatic carbocycles. The van der Waals surface area contributed by atoms with Crippen LogP contribution >= 0.6 is 0 Å². The van der Waals surface area contributed by atoms with E-state index in [0.717, 1.165) is 19.4 Å². The molecule has 0 unspecified atom stereocenters. The Balaban J connectivity index is 2.45. The van der Waals surface area contributed by atoms with Crippen LogP contribution in [0.3, 0.4) is 0 Å². The summed E-state index contributed by atoms with van der Waals surface area (Å²) in [6.07, 6.45) is 2.22. The number of hydrogen-bond donors (Lipinski definition) is 2. The zero-order valence-electron chi connectivity index (χ0n) is 10.8. The zero-order valence-corrected chi connectivity index (χ0v) is 10.8. The third-order valence-electron chi connectivity index (χ3n) is 3.29. The number of aliphatic carboxylic acids is 1. The molecule has 0 bridgehead atoms. The first kappa shape index (κ1) is 14.0. The lowest BCUT2D eigenvalue weighted by molar-refractivity contribution is -0.143. The predicted octanol–water partition coefficient (Wildman–Crippen LogP) is 0.696. The fraction of sp³-hybridized carbons (Fsp3) is 0.833. The average Bonchev–Trinajstić information content (AvgIpc) is 2.60. The highest BCUT2D eigenvalue weighted by molar-refractivity contribution is 5.84. The Bertz CT molecular complexity index is 291. The molecule has 2 atom stereocenters. The van der Waals surface area contributed by atoms with Crippen molar-refractivity contribution < 1.29 is 14.7 Å². The lowest BCUT2D eigenvalue weighted by Crippen LogP contribution is -2.48. The molecule has 1 saturated heterocycles. The number of carboxylic acids is 1. The van der Waals surface area contributed by atoms with E-state index >= 15 is 0 Å². The normalized spacial score (nSPS) is 22.7. The quantitative estimate of drug-likeness (QED) is 0.744. The minimum atomic E-state index is -0.970. The van der Waals surface area contributed by atoms with Crippen molar-refractivity contribution in [3.8, 4) is 0 Å². The van der Waals surface area contributed by atoms with Crippen LogP contribution in [-0.4, -0.2) is 47.1 Å². The molecule has 1 heterocycles. The van der Waals surface area contributed by atoms with Crippen LogP contribution in [0.25, 0.3) is 0 Å². The molecule has 1 fully saturated rings. The largest absolute Gasteiger partial charge is 0.480 e. The van der Waals surface area contributed by atoms with Crippen LogP contribution in [0.5, 0.6) is 0 Å². The van der Waals surface area contributed by atoms with Crippen LogP contribution in [0.4, 0.5) is 0 Å². The van der Waals surface area contributed by atoms with Crippen LogP contribution in [0, 0.1) is 5.92 Å². The van der Waals surface area contributed by atoms with E-state index < -0.39 is 12.0 Å². The first-order chi connectivity index (χ1) is 7.91. The van der Waals surface area contributed by atoms with Gasteiger partial charge >= 0.3 is 5.97 Å². The molecular formula is C12H22N2O3. The van der Waals surface area contributed by atoms with Crippen molar-refractivity contribution in [3.05, 3.63) is 0 Å². The van der Waals surface area contributed by atoms with Crippen molar-refractivity contribution in [2.24, 2.45) is 5.92 Å². The molecule has 0 spiro atoms. The number of carbonyl (C=O) groups is 2. The molecule has 0 saturated carbocycles. The first-order valence-electron chi connectivity index (χ1n) is 6.18. The van der Waals surface area contributed by atoms with Gasteiger partial charge in [-0.05, 0) is 32.2 Å². The van der Waals surface area contributed by atoms with Gasteiger partial charge < -0.3 is 10.4 Å². The Morgan fingerprint density at radius 3 is 2.53 bits per heavy atom. The lowest BCUT2D eigenvalue weighted by atomic mass is 10.0. The summed E-state index contributed by atoms with van der Waals surface area (Å²) in [6.45, 7) is 6.90. The molecule has 98 valence electrons. The Morgan fingerprint density at radius 1 is 1.47 bits per heavy atom. The summed E-state index contributed by atoms with van der Waals surface area (Å²) < 4.78 is 0. The molecule has 1 rings (SSSR count). The number of carboxylic acid groups (broad SMARTS) is 1. The fourth-order valence-electron chi connectivity index (χ4n) is 2.14. The Hall–Kier alpha value is -1.10. The van der Waals surface area contributed by atoms with Crippen LogP contribution < -0.4 is 5.32 Å². The van der Waals surface area contributed by atoms with E-state index in [2.05, 4.69) is 17.1 Å². The first-order valence-corrected chi connectivity index (χ1v) is 6.18. The fourth-order valence-corrected chi connectivity index (χ4v) is 2.14. The molecule has 5 heteroatoms. The van der Waals surface area contributed by atoms with E-state index in [1.165, 1.54) is 0 Å². The second-order valence-electron chi connectivity index (χ2n) is 5.09. The molecule has 1 amide bonds. The molecule has 1 aliphatic heterocycles. The van der Waals surface area contributed by atoms with Gasteiger partial charge in [0.1, 0.15) is 6.04 Å². The minimum absolute atomic E-state index is 0.104. The number of nitrogens with zero attached hydrogens (tertiary/aromatic N) is 1. The summed E-state index contributed by atoms with van der Waals surface area (Å²) in [5, 5.41) is 11.6. The second-order valence-corrected chi connectivity index (χ2v) is 5.09. The van der Waals surface area contributed by atoms with Crippen molar-refractivity contribution in [2.75, 3.05) is 13.1 Å². The van der Waals surface area contributed by atoms with Crippen molar-refractivity contribution in [3.63, 3.8) is 0 Å². The summed E-state index contributed by atoms with van der Waals surface area (Å²) in [7, 11) is 0. The molecule has 0 aromatic carbocycles.